The Labute approximate surface area is 76.6 Å². The molecule has 0 amide bonds. The maximum atomic E-state index is 8.55. The van der Waals surface area contributed by atoms with Crippen LogP contribution in [0, 0.1) is 5.92 Å². The van der Waals surface area contributed by atoms with Crippen LogP contribution in [0.3, 0.4) is 0 Å². The first-order chi connectivity index (χ1) is 5.54. The lowest BCUT2D eigenvalue weighted by molar-refractivity contribution is 0.183. The third kappa shape index (κ3) is 22.5. The van der Waals surface area contributed by atoms with Crippen LogP contribution in [-0.2, 0) is 0 Å². The Balaban J connectivity index is 0. The molecule has 0 aliphatic heterocycles. The molecule has 0 aliphatic carbocycles. The third-order valence-electron chi connectivity index (χ3n) is 1.41. The number of hydrogen-bond acceptors (Lipinski definition) is 2. The lowest BCUT2D eigenvalue weighted by atomic mass is 10.2. The SMILES string of the molecule is CC(C)CCO.CCCC(C)O. The molecule has 0 radical (unpaired) electrons. The first kappa shape index (κ1) is 14.4. The van der Waals surface area contributed by atoms with E-state index in [1.807, 2.05) is 6.92 Å². The molecule has 0 aromatic rings. The smallest absolute Gasteiger partial charge is 0.0512 e. The van der Waals surface area contributed by atoms with E-state index in [9.17, 15) is 0 Å². The summed E-state index contributed by atoms with van der Waals surface area (Å²) in [5, 5.41) is 16.8. The minimum Gasteiger partial charge on any atom is -0.396 e. The van der Waals surface area contributed by atoms with E-state index >= 15 is 0 Å². The lowest BCUT2D eigenvalue weighted by Gasteiger charge is -1.95. The monoisotopic (exact) mass is 176 g/mol. The molecule has 0 spiro atoms. The standard InChI is InChI=1S/2C5H12O/c1-5(2)3-4-6;1-3-4-5(2)6/h2*5-6H,3-4H2,1-2H3. The number of aliphatic hydroxyl groups excluding tert-OH is 2. The molecule has 0 fully saturated rings. The van der Waals surface area contributed by atoms with Gasteiger partial charge in [-0.1, -0.05) is 27.2 Å². The first-order valence-corrected chi connectivity index (χ1v) is 4.83. The van der Waals surface area contributed by atoms with Crippen molar-refractivity contribution in [3.8, 4) is 0 Å². The van der Waals surface area contributed by atoms with Crippen molar-refractivity contribution < 1.29 is 10.2 Å². The summed E-state index contributed by atoms with van der Waals surface area (Å²) in [6, 6.07) is 0. The van der Waals surface area contributed by atoms with Gasteiger partial charge >= 0.3 is 0 Å². The van der Waals surface area contributed by atoms with Crippen molar-refractivity contribution in [3.05, 3.63) is 0 Å². The molecular formula is C10H24O2. The Morgan fingerprint density at radius 1 is 1.08 bits per heavy atom. The summed E-state index contributed by atoms with van der Waals surface area (Å²) in [6.45, 7) is 8.39. The molecule has 2 N–H and O–H groups in total. The molecular weight excluding hydrogens is 152 g/mol. The maximum absolute atomic E-state index is 8.55. The highest BCUT2D eigenvalue weighted by Crippen LogP contribution is 1.94. The Bertz CT molecular complexity index is 60.2. The summed E-state index contributed by atoms with van der Waals surface area (Å²) in [6.07, 6.45) is 2.84. The molecule has 0 aromatic carbocycles. The molecule has 0 aliphatic rings. The summed E-state index contributed by atoms with van der Waals surface area (Å²) in [5.41, 5.74) is 0. The van der Waals surface area contributed by atoms with Crippen molar-refractivity contribution in [2.75, 3.05) is 6.61 Å². The zero-order valence-corrected chi connectivity index (χ0v) is 8.88. The summed E-state index contributed by atoms with van der Waals surface area (Å²) in [5.74, 6) is 0.648. The van der Waals surface area contributed by atoms with E-state index < -0.39 is 0 Å². The molecule has 12 heavy (non-hydrogen) atoms. The predicted molar refractivity (Wildman–Crippen MR) is 53.1 cm³/mol. The van der Waals surface area contributed by atoms with Gasteiger partial charge in [-0.05, 0) is 25.7 Å². The Hall–Kier alpha value is -0.0800. The van der Waals surface area contributed by atoms with E-state index in [2.05, 4.69) is 20.8 Å². The molecule has 1 atom stereocenters. The van der Waals surface area contributed by atoms with Crippen LogP contribution < -0.4 is 0 Å². The van der Waals surface area contributed by atoms with Crippen molar-refractivity contribution in [1.29, 1.82) is 0 Å². The largest absolute Gasteiger partial charge is 0.396 e. The molecule has 2 nitrogen and oxygen atoms in total. The van der Waals surface area contributed by atoms with Crippen LogP contribution >= 0.6 is 0 Å². The predicted octanol–water partition coefficient (Wildman–Crippen LogP) is 2.19. The highest BCUT2D eigenvalue weighted by molar-refractivity contribution is 4.40. The molecule has 1 unspecified atom stereocenters. The second-order valence-corrected chi connectivity index (χ2v) is 3.54. The van der Waals surface area contributed by atoms with E-state index in [4.69, 9.17) is 10.2 Å². The van der Waals surface area contributed by atoms with Crippen molar-refractivity contribution in [2.24, 2.45) is 5.92 Å². The fraction of sp³-hybridized carbons (Fsp3) is 1.00. The van der Waals surface area contributed by atoms with Crippen molar-refractivity contribution >= 4 is 0 Å². The molecule has 0 saturated heterocycles. The van der Waals surface area contributed by atoms with Gasteiger partial charge < -0.3 is 10.2 Å². The van der Waals surface area contributed by atoms with Crippen LogP contribution in [0.25, 0.3) is 0 Å². The molecule has 0 saturated carbocycles. The Morgan fingerprint density at radius 2 is 1.58 bits per heavy atom. The van der Waals surface area contributed by atoms with Gasteiger partial charge in [-0.3, -0.25) is 0 Å². The lowest BCUT2D eigenvalue weighted by Crippen LogP contribution is -1.95. The van der Waals surface area contributed by atoms with Crippen molar-refractivity contribution in [3.63, 3.8) is 0 Å². The van der Waals surface area contributed by atoms with Gasteiger partial charge in [-0.2, -0.15) is 0 Å². The molecule has 0 bridgehead atoms. The van der Waals surface area contributed by atoms with Gasteiger partial charge in [0.15, 0.2) is 0 Å². The maximum Gasteiger partial charge on any atom is 0.0512 e. The van der Waals surface area contributed by atoms with Crippen LogP contribution in [0.4, 0.5) is 0 Å². The number of hydrogen-bond donors (Lipinski definition) is 2. The minimum atomic E-state index is -0.102. The van der Waals surface area contributed by atoms with Gasteiger partial charge in [0.1, 0.15) is 0 Å². The molecule has 0 aromatic heterocycles. The summed E-state index contributed by atoms with van der Waals surface area (Å²) < 4.78 is 0. The van der Waals surface area contributed by atoms with Gasteiger partial charge in [-0.25, -0.2) is 0 Å². The van der Waals surface area contributed by atoms with E-state index in [0.29, 0.717) is 12.5 Å². The average molecular weight is 176 g/mol. The van der Waals surface area contributed by atoms with Crippen LogP contribution in [0.15, 0.2) is 0 Å². The third-order valence-corrected chi connectivity index (χ3v) is 1.41. The topological polar surface area (TPSA) is 40.5 Å². The summed E-state index contributed by atoms with van der Waals surface area (Å²) >= 11 is 0. The zero-order valence-electron chi connectivity index (χ0n) is 8.88. The molecule has 76 valence electrons. The molecule has 0 heterocycles. The fourth-order valence-electron chi connectivity index (χ4n) is 0.676. The van der Waals surface area contributed by atoms with E-state index in [1.54, 1.807) is 0 Å². The highest BCUT2D eigenvalue weighted by atomic mass is 16.3. The van der Waals surface area contributed by atoms with Crippen LogP contribution in [-0.4, -0.2) is 22.9 Å². The quantitative estimate of drug-likeness (QED) is 0.689. The van der Waals surface area contributed by atoms with Crippen molar-refractivity contribution in [2.45, 2.75) is 53.1 Å². The number of rotatable bonds is 4. The van der Waals surface area contributed by atoms with E-state index in [1.165, 1.54) is 0 Å². The highest BCUT2D eigenvalue weighted by Gasteiger charge is 1.87. The normalized spacial score (nSPS) is 12.2. The van der Waals surface area contributed by atoms with Crippen molar-refractivity contribution in [1.82, 2.24) is 0 Å². The zero-order chi connectivity index (χ0) is 9.98. The van der Waals surface area contributed by atoms with Crippen LogP contribution in [0.2, 0.25) is 0 Å². The average Bonchev–Trinajstić information content (AvgIpc) is 1.87. The van der Waals surface area contributed by atoms with Gasteiger partial charge in [0.05, 0.1) is 6.10 Å². The molecule has 2 heteroatoms. The fourth-order valence-corrected chi connectivity index (χ4v) is 0.676. The summed E-state index contributed by atoms with van der Waals surface area (Å²) in [7, 11) is 0. The van der Waals surface area contributed by atoms with E-state index in [0.717, 1.165) is 19.3 Å². The van der Waals surface area contributed by atoms with Gasteiger partial charge in [-0.15, -0.1) is 0 Å². The first-order valence-electron chi connectivity index (χ1n) is 4.83. The van der Waals surface area contributed by atoms with Gasteiger partial charge in [0.25, 0.3) is 0 Å². The van der Waals surface area contributed by atoms with E-state index in [-0.39, 0.29) is 6.10 Å². The van der Waals surface area contributed by atoms with Gasteiger partial charge in [0, 0.05) is 6.61 Å². The molecule has 0 rings (SSSR count). The minimum absolute atomic E-state index is 0.102. The van der Waals surface area contributed by atoms with Crippen LogP contribution in [0.1, 0.15) is 47.0 Å². The second-order valence-electron chi connectivity index (χ2n) is 3.54. The van der Waals surface area contributed by atoms with Gasteiger partial charge in [0.2, 0.25) is 0 Å². The Kier molecular flexibility index (Phi) is 13.1. The Morgan fingerprint density at radius 3 is 1.58 bits per heavy atom. The number of aliphatic hydroxyl groups is 2. The van der Waals surface area contributed by atoms with Crippen LogP contribution in [0.5, 0.6) is 0 Å². The second kappa shape index (κ2) is 10.9. The summed E-state index contributed by atoms with van der Waals surface area (Å²) in [4.78, 5) is 0.